The maximum atomic E-state index is 12.5. The van der Waals surface area contributed by atoms with E-state index in [1.165, 1.54) is 57.8 Å². The van der Waals surface area contributed by atoms with Crippen LogP contribution in [0.4, 0.5) is 0 Å². The SMILES string of the molecule is COC1=C(OC)C(=O)C(CCCCCCCCCCO)=C(C)C1=O.O=C1C=CC(=O)C=C1. The summed E-state index contributed by atoms with van der Waals surface area (Å²) in [7, 11) is 2.76. The van der Waals surface area contributed by atoms with Gasteiger partial charge < -0.3 is 14.6 Å². The molecule has 0 saturated heterocycles. The van der Waals surface area contributed by atoms with E-state index < -0.39 is 0 Å². The number of carbonyl (C=O) groups excluding carboxylic acids is 4. The van der Waals surface area contributed by atoms with E-state index >= 15 is 0 Å². The van der Waals surface area contributed by atoms with Gasteiger partial charge in [0.2, 0.25) is 23.1 Å². The van der Waals surface area contributed by atoms with E-state index in [9.17, 15) is 19.2 Å². The van der Waals surface area contributed by atoms with Crippen molar-refractivity contribution < 1.29 is 33.8 Å². The smallest absolute Gasteiger partial charge is 0.228 e. The number of aliphatic hydroxyl groups excluding tert-OH is 1. The summed E-state index contributed by atoms with van der Waals surface area (Å²) in [6, 6.07) is 0. The van der Waals surface area contributed by atoms with Gasteiger partial charge in [-0.05, 0) is 50.5 Å². The average molecular weight is 447 g/mol. The number of methoxy groups -OCH3 is 2. The molecule has 2 aliphatic rings. The van der Waals surface area contributed by atoms with Crippen molar-refractivity contribution in [3.8, 4) is 0 Å². The minimum Gasteiger partial charge on any atom is -0.489 e. The highest BCUT2D eigenvalue weighted by molar-refractivity contribution is 6.23. The van der Waals surface area contributed by atoms with Gasteiger partial charge in [0.15, 0.2) is 11.6 Å². The van der Waals surface area contributed by atoms with Crippen LogP contribution in [0.25, 0.3) is 0 Å². The van der Waals surface area contributed by atoms with Crippen LogP contribution in [0.5, 0.6) is 0 Å². The highest BCUT2D eigenvalue weighted by Crippen LogP contribution is 2.28. The van der Waals surface area contributed by atoms with Gasteiger partial charge >= 0.3 is 0 Å². The summed E-state index contributed by atoms with van der Waals surface area (Å²) in [5.74, 6) is -0.698. The lowest BCUT2D eigenvalue weighted by molar-refractivity contribution is -0.121. The number of hydrogen-bond donors (Lipinski definition) is 1. The van der Waals surface area contributed by atoms with Gasteiger partial charge in [0, 0.05) is 17.8 Å². The molecule has 0 aromatic heterocycles. The average Bonchev–Trinajstić information content (AvgIpc) is 2.79. The van der Waals surface area contributed by atoms with Gasteiger partial charge in [-0.2, -0.15) is 0 Å². The third-order valence-corrected chi connectivity index (χ3v) is 5.25. The van der Waals surface area contributed by atoms with E-state index in [-0.39, 0.29) is 41.3 Å². The van der Waals surface area contributed by atoms with Crippen molar-refractivity contribution in [2.24, 2.45) is 0 Å². The van der Waals surface area contributed by atoms with Crippen molar-refractivity contribution in [2.45, 2.75) is 64.7 Å². The second-order valence-electron chi connectivity index (χ2n) is 7.60. The first-order valence-corrected chi connectivity index (χ1v) is 11.0. The Bertz CT molecular complexity index is 774. The number of hydrogen-bond acceptors (Lipinski definition) is 7. The molecule has 7 nitrogen and oxygen atoms in total. The fraction of sp³-hybridized carbons (Fsp3) is 0.520. The van der Waals surface area contributed by atoms with E-state index in [1.54, 1.807) is 6.92 Å². The fourth-order valence-electron chi connectivity index (χ4n) is 3.41. The van der Waals surface area contributed by atoms with E-state index in [1.807, 2.05) is 0 Å². The monoisotopic (exact) mass is 446 g/mol. The van der Waals surface area contributed by atoms with E-state index in [0.29, 0.717) is 17.6 Å². The van der Waals surface area contributed by atoms with Gasteiger partial charge in [0.1, 0.15) is 0 Å². The third-order valence-electron chi connectivity index (χ3n) is 5.25. The number of unbranched alkanes of at least 4 members (excludes halogenated alkanes) is 7. The zero-order valence-electron chi connectivity index (χ0n) is 19.3. The van der Waals surface area contributed by atoms with Gasteiger partial charge in [-0.15, -0.1) is 0 Å². The second-order valence-corrected chi connectivity index (χ2v) is 7.60. The normalized spacial score (nSPS) is 15.9. The second kappa shape index (κ2) is 15.1. The summed E-state index contributed by atoms with van der Waals surface area (Å²) in [5, 5.41) is 8.72. The summed E-state index contributed by atoms with van der Waals surface area (Å²) >= 11 is 0. The summed E-state index contributed by atoms with van der Waals surface area (Å²) in [6.07, 6.45) is 14.2. The molecule has 0 unspecified atom stereocenters. The molecule has 176 valence electrons. The van der Waals surface area contributed by atoms with Gasteiger partial charge in [0.05, 0.1) is 14.2 Å². The molecule has 32 heavy (non-hydrogen) atoms. The Kier molecular flexibility index (Phi) is 12.8. The number of rotatable bonds is 12. The molecule has 0 atom stereocenters. The van der Waals surface area contributed by atoms with E-state index in [2.05, 4.69) is 0 Å². The Morgan fingerprint density at radius 2 is 1.06 bits per heavy atom. The number of carbonyl (C=O) groups is 4. The molecule has 0 amide bonds. The lowest BCUT2D eigenvalue weighted by Gasteiger charge is -2.20. The Morgan fingerprint density at radius 1 is 0.656 bits per heavy atom. The molecule has 0 aliphatic heterocycles. The fourth-order valence-corrected chi connectivity index (χ4v) is 3.41. The number of ether oxygens (including phenoxy) is 2. The summed E-state index contributed by atoms with van der Waals surface area (Å²) in [5.41, 5.74) is 1.03. The molecule has 2 rings (SSSR count). The van der Waals surface area contributed by atoms with Crippen molar-refractivity contribution >= 4 is 23.1 Å². The van der Waals surface area contributed by atoms with E-state index in [4.69, 9.17) is 14.6 Å². The topological polar surface area (TPSA) is 107 Å². The summed E-state index contributed by atoms with van der Waals surface area (Å²) in [4.78, 5) is 45.3. The lowest BCUT2D eigenvalue weighted by atomic mass is 9.89. The van der Waals surface area contributed by atoms with Crippen LogP contribution in [-0.4, -0.2) is 49.1 Å². The van der Waals surface area contributed by atoms with Crippen molar-refractivity contribution in [2.75, 3.05) is 20.8 Å². The van der Waals surface area contributed by atoms with Crippen molar-refractivity contribution in [1.82, 2.24) is 0 Å². The standard InChI is InChI=1S/C19H30O5.C6H4O2/c1-14-15(12-10-8-6-4-5-7-9-11-13-20)17(22)19(24-3)18(23-2)16(14)21;7-5-1-2-6(8)4-3-5/h20H,4-13H2,1-3H3;1-4H. The lowest BCUT2D eigenvalue weighted by Crippen LogP contribution is -2.25. The molecule has 0 aromatic rings. The molecule has 0 saturated carbocycles. The molecule has 7 heteroatoms. The molecule has 2 aliphatic carbocycles. The molecule has 0 spiro atoms. The predicted molar refractivity (Wildman–Crippen MR) is 121 cm³/mol. The maximum Gasteiger partial charge on any atom is 0.228 e. The third kappa shape index (κ3) is 8.75. The zero-order valence-corrected chi connectivity index (χ0v) is 19.3. The number of ketones is 4. The van der Waals surface area contributed by atoms with E-state index in [0.717, 1.165) is 32.1 Å². The number of aliphatic hydroxyl groups is 1. The van der Waals surface area contributed by atoms with Crippen molar-refractivity contribution in [1.29, 1.82) is 0 Å². The minimum atomic E-state index is -0.257. The maximum absolute atomic E-state index is 12.5. The minimum absolute atomic E-state index is 0.00614. The molecular formula is C25H34O7. The summed E-state index contributed by atoms with van der Waals surface area (Å²) < 4.78 is 10.1. The van der Waals surface area contributed by atoms with Crippen LogP contribution in [0.15, 0.2) is 47.0 Å². The number of allylic oxidation sites excluding steroid dienone is 6. The molecule has 0 radical (unpaired) electrons. The van der Waals surface area contributed by atoms with Crippen LogP contribution >= 0.6 is 0 Å². The summed E-state index contributed by atoms with van der Waals surface area (Å²) in [6.45, 7) is 1.96. The van der Waals surface area contributed by atoms with Crippen LogP contribution in [0, 0.1) is 0 Å². The molecular weight excluding hydrogens is 412 g/mol. The van der Waals surface area contributed by atoms with Crippen LogP contribution < -0.4 is 0 Å². The Labute approximate surface area is 189 Å². The Balaban J connectivity index is 0.000000533. The molecule has 0 fully saturated rings. The van der Waals surface area contributed by atoms with Crippen LogP contribution in [0.1, 0.15) is 64.7 Å². The molecule has 0 heterocycles. The zero-order chi connectivity index (χ0) is 23.9. The first-order chi connectivity index (χ1) is 15.4. The molecule has 0 aromatic carbocycles. The van der Waals surface area contributed by atoms with Crippen LogP contribution in [0.2, 0.25) is 0 Å². The quantitative estimate of drug-likeness (QED) is 0.360. The van der Waals surface area contributed by atoms with Crippen LogP contribution in [0.3, 0.4) is 0 Å². The van der Waals surface area contributed by atoms with Gasteiger partial charge in [0.25, 0.3) is 0 Å². The molecule has 1 N–H and O–H groups in total. The Morgan fingerprint density at radius 3 is 1.50 bits per heavy atom. The predicted octanol–water partition coefficient (Wildman–Crippen LogP) is 3.71. The van der Waals surface area contributed by atoms with Crippen molar-refractivity contribution in [3.05, 3.63) is 47.0 Å². The number of Topliss-reactive ketones (excluding diaryl/α,β-unsaturated/α-hetero) is 2. The first-order valence-electron chi connectivity index (χ1n) is 11.0. The van der Waals surface area contributed by atoms with Gasteiger partial charge in [-0.3, -0.25) is 19.2 Å². The Hall–Kier alpha value is -2.80. The van der Waals surface area contributed by atoms with Gasteiger partial charge in [-0.1, -0.05) is 38.5 Å². The van der Waals surface area contributed by atoms with Gasteiger partial charge in [-0.25, -0.2) is 0 Å². The first kappa shape index (κ1) is 27.2. The largest absolute Gasteiger partial charge is 0.489 e. The van der Waals surface area contributed by atoms with Crippen LogP contribution in [-0.2, 0) is 28.7 Å². The van der Waals surface area contributed by atoms with Crippen molar-refractivity contribution in [3.63, 3.8) is 0 Å². The highest BCUT2D eigenvalue weighted by atomic mass is 16.5. The highest BCUT2D eigenvalue weighted by Gasteiger charge is 2.34. The molecule has 0 bridgehead atoms.